The minimum atomic E-state index is 0.529. The molecule has 0 bridgehead atoms. The van der Waals surface area contributed by atoms with Gasteiger partial charge in [-0.3, -0.25) is 4.90 Å². The summed E-state index contributed by atoms with van der Waals surface area (Å²) in [6, 6.07) is 3.05. The fourth-order valence-electron chi connectivity index (χ4n) is 2.43. The Bertz CT molecular complexity index is 392. The summed E-state index contributed by atoms with van der Waals surface area (Å²) in [5.41, 5.74) is 7.96. The van der Waals surface area contributed by atoms with Crippen molar-refractivity contribution < 1.29 is 0 Å². The average Bonchev–Trinajstić information content (AvgIpc) is 2.25. The minimum Gasteiger partial charge on any atom is -0.396 e. The zero-order chi connectivity index (χ0) is 12.6. The number of pyridine rings is 1. The molecular weight excluding hydrogens is 212 g/mol. The van der Waals surface area contributed by atoms with Gasteiger partial charge in [0.25, 0.3) is 0 Å². The average molecular weight is 234 g/mol. The molecule has 1 aromatic heterocycles. The van der Waals surface area contributed by atoms with E-state index in [2.05, 4.69) is 35.7 Å². The van der Waals surface area contributed by atoms with E-state index in [4.69, 9.17) is 5.73 Å². The van der Waals surface area contributed by atoms with Gasteiger partial charge in [0.15, 0.2) is 5.82 Å². The van der Waals surface area contributed by atoms with Crippen LogP contribution in [-0.4, -0.2) is 42.1 Å². The summed E-state index contributed by atoms with van der Waals surface area (Å²) in [5.74, 6) is 0.933. The number of hydrogen-bond acceptors (Lipinski definition) is 4. The van der Waals surface area contributed by atoms with Gasteiger partial charge in [0.1, 0.15) is 0 Å². The Morgan fingerprint density at radius 1 is 1.29 bits per heavy atom. The van der Waals surface area contributed by atoms with Gasteiger partial charge in [0.2, 0.25) is 0 Å². The van der Waals surface area contributed by atoms with E-state index in [1.54, 1.807) is 0 Å². The molecule has 0 saturated carbocycles. The Labute approximate surface area is 103 Å². The second-order valence-electron chi connectivity index (χ2n) is 5.19. The van der Waals surface area contributed by atoms with Gasteiger partial charge in [-0.1, -0.05) is 0 Å². The van der Waals surface area contributed by atoms with Gasteiger partial charge in [-0.05, 0) is 39.4 Å². The summed E-state index contributed by atoms with van der Waals surface area (Å²) in [5, 5.41) is 0. The highest BCUT2D eigenvalue weighted by molar-refractivity contribution is 5.63. The van der Waals surface area contributed by atoms with Gasteiger partial charge in [-0.25, -0.2) is 4.98 Å². The van der Waals surface area contributed by atoms with Crippen LogP contribution < -0.4 is 10.6 Å². The van der Waals surface area contributed by atoms with Gasteiger partial charge in [-0.2, -0.15) is 0 Å². The van der Waals surface area contributed by atoms with Gasteiger partial charge < -0.3 is 10.6 Å². The number of rotatable bonds is 1. The third kappa shape index (κ3) is 2.36. The molecule has 4 heteroatoms. The van der Waals surface area contributed by atoms with E-state index < -0.39 is 0 Å². The molecule has 17 heavy (non-hydrogen) atoms. The van der Waals surface area contributed by atoms with E-state index in [-0.39, 0.29) is 0 Å². The number of anilines is 2. The monoisotopic (exact) mass is 234 g/mol. The van der Waals surface area contributed by atoms with Crippen LogP contribution in [0.5, 0.6) is 0 Å². The van der Waals surface area contributed by atoms with Gasteiger partial charge in [-0.15, -0.1) is 0 Å². The summed E-state index contributed by atoms with van der Waals surface area (Å²) in [4.78, 5) is 9.18. The SMILES string of the molecule is Cc1cnc(N2CC(C)N(C)C(C)C2)c(N)c1. The standard InChI is InChI=1S/C13H22N4/c1-9-5-12(14)13(15-6-9)17-7-10(2)16(4)11(3)8-17/h5-6,10-11H,7-8,14H2,1-4H3. The molecule has 2 unspecified atom stereocenters. The molecule has 1 fully saturated rings. The topological polar surface area (TPSA) is 45.4 Å². The Morgan fingerprint density at radius 3 is 2.41 bits per heavy atom. The fraction of sp³-hybridized carbons (Fsp3) is 0.615. The first-order valence-corrected chi connectivity index (χ1v) is 6.18. The van der Waals surface area contributed by atoms with Gasteiger partial charge >= 0.3 is 0 Å². The van der Waals surface area contributed by atoms with Crippen LogP contribution in [0.4, 0.5) is 11.5 Å². The van der Waals surface area contributed by atoms with Crippen molar-refractivity contribution in [1.29, 1.82) is 0 Å². The maximum atomic E-state index is 6.06. The predicted octanol–water partition coefficient (Wildman–Crippen LogP) is 1.50. The Morgan fingerprint density at radius 2 is 1.88 bits per heavy atom. The molecule has 1 saturated heterocycles. The summed E-state index contributed by atoms with van der Waals surface area (Å²) in [6.45, 7) is 8.48. The van der Waals surface area contributed by atoms with E-state index >= 15 is 0 Å². The van der Waals surface area contributed by atoms with E-state index in [1.807, 2.05) is 19.2 Å². The van der Waals surface area contributed by atoms with E-state index in [0.717, 1.165) is 30.2 Å². The molecular formula is C13H22N4. The first-order chi connectivity index (χ1) is 7.99. The summed E-state index contributed by atoms with van der Waals surface area (Å²) in [6.07, 6.45) is 1.89. The normalized spacial score (nSPS) is 26.2. The number of likely N-dealkylation sites (N-methyl/N-ethyl adjacent to an activating group) is 1. The van der Waals surface area contributed by atoms with Crippen LogP contribution in [0.25, 0.3) is 0 Å². The van der Waals surface area contributed by atoms with E-state index in [9.17, 15) is 0 Å². The molecule has 0 aliphatic carbocycles. The highest BCUT2D eigenvalue weighted by Crippen LogP contribution is 2.25. The first kappa shape index (κ1) is 12.2. The van der Waals surface area contributed by atoms with Crippen molar-refractivity contribution in [3.63, 3.8) is 0 Å². The molecule has 1 aromatic rings. The van der Waals surface area contributed by atoms with Crippen molar-refractivity contribution in [2.45, 2.75) is 32.9 Å². The lowest BCUT2D eigenvalue weighted by Gasteiger charge is -2.43. The molecule has 0 radical (unpaired) electrons. The first-order valence-electron chi connectivity index (χ1n) is 6.18. The molecule has 1 aliphatic rings. The van der Waals surface area contributed by atoms with E-state index in [0.29, 0.717) is 12.1 Å². The molecule has 2 N–H and O–H groups in total. The number of nitrogen functional groups attached to an aromatic ring is 1. The number of nitrogens with two attached hydrogens (primary N) is 1. The number of nitrogens with zero attached hydrogens (tertiary/aromatic N) is 3. The van der Waals surface area contributed by atoms with Crippen LogP contribution in [0.2, 0.25) is 0 Å². The molecule has 4 nitrogen and oxygen atoms in total. The highest BCUT2D eigenvalue weighted by Gasteiger charge is 2.27. The lowest BCUT2D eigenvalue weighted by Crippen LogP contribution is -2.55. The summed E-state index contributed by atoms with van der Waals surface area (Å²) in [7, 11) is 2.18. The Kier molecular flexibility index (Phi) is 3.24. The zero-order valence-corrected chi connectivity index (χ0v) is 11.1. The van der Waals surface area contributed by atoms with Gasteiger partial charge in [0.05, 0.1) is 5.69 Å². The van der Waals surface area contributed by atoms with Gasteiger partial charge in [0, 0.05) is 31.4 Å². The fourth-order valence-corrected chi connectivity index (χ4v) is 2.43. The molecule has 0 amide bonds. The summed E-state index contributed by atoms with van der Waals surface area (Å²) >= 11 is 0. The Balaban J connectivity index is 2.23. The maximum absolute atomic E-state index is 6.06. The molecule has 1 aliphatic heterocycles. The van der Waals surface area contributed by atoms with Crippen LogP contribution in [0.3, 0.4) is 0 Å². The van der Waals surface area contributed by atoms with Crippen molar-refractivity contribution in [2.75, 3.05) is 30.8 Å². The van der Waals surface area contributed by atoms with Crippen molar-refractivity contribution in [2.24, 2.45) is 0 Å². The quantitative estimate of drug-likeness (QED) is 0.800. The smallest absolute Gasteiger partial charge is 0.151 e. The third-order valence-corrected chi connectivity index (χ3v) is 3.69. The third-order valence-electron chi connectivity index (χ3n) is 3.69. The van der Waals surface area contributed by atoms with Crippen LogP contribution >= 0.6 is 0 Å². The van der Waals surface area contributed by atoms with Crippen LogP contribution in [0.15, 0.2) is 12.3 Å². The maximum Gasteiger partial charge on any atom is 0.151 e. The minimum absolute atomic E-state index is 0.529. The van der Waals surface area contributed by atoms with Crippen molar-refractivity contribution >= 4 is 11.5 Å². The molecule has 0 aromatic carbocycles. The Hall–Kier alpha value is -1.29. The van der Waals surface area contributed by atoms with Crippen molar-refractivity contribution in [1.82, 2.24) is 9.88 Å². The van der Waals surface area contributed by atoms with Crippen molar-refractivity contribution in [3.8, 4) is 0 Å². The molecule has 94 valence electrons. The lowest BCUT2D eigenvalue weighted by atomic mass is 10.1. The predicted molar refractivity (Wildman–Crippen MR) is 72.3 cm³/mol. The van der Waals surface area contributed by atoms with Crippen LogP contribution in [-0.2, 0) is 0 Å². The number of aromatic nitrogens is 1. The number of hydrogen-bond donors (Lipinski definition) is 1. The molecule has 2 rings (SSSR count). The summed E-state index contributed by atoms with van der Waals surface area (Å²) < 4.78 is 0. The number of piperazine rings is 1. The second kappa shape index (κ2) is 4.53. The van der Waals surface area contributed by atoms with E-state index in [1.165, 1.54) is 0 Å². The van der Waals surface area contributed by atoms with Crippen LogP contribution in [0, 0.1) is 6.92 Å². The van der Waals surface area contributed by atoms with Crippen molar-refractivity contribution in [3.05, 3.63) is 17.8 Å². The molecule has 0 spiro atoms. The second-order valence-corrected chi connectivity index (χ2v) is 5.19. The highest BCUT2D eigenvalue weighted by atomic mass is 15.3. The number of aryl methyl sites for hydroxylation is 1. The van der Waals surface area contributed by atoms with Crippen LogP contribution in [0.1, 0.15) is 19.4 Å². The largest absolute Gasteiger partial charge is 0.396 e. The zero-order valence-electron chi connectivity index (χ0n) is 11.1. The molecule has 2 atom stereocenters. The molecule has 2 heterocycles. The lowest BCUT2D eigenvalue weighted by molar-refractivity contribution is 0.169.